The third-order valence-corrected chi connectivity index (χ3v) is 4.66. The zero-order valence-corrected chi connectivity index (χ0v) is 14.4. The minimum absolute atomic E-state index is 0.749. The fourth-order valence-corrected chi connectivity index (χ4v) is 3.41. The minimum Gasteiger partial charge on any atom is -0.370 e. The lowest BCUT2D eigenvalue weighted by atomic mass is 10.1. The SMILES string of the molecule is CCNc1nc(Cc2ccc(Br)cc2)nc2sc(C)cc12. The topological polar surface area (TPSA) is 37.8 Å². The number of nitrogens with zero attached hydrogens (tertiary/aromatic N) is 2. The van der Waals surface area contributed by atoms with Gasteiger partial charge in [-0.05, 0) is 37.6 Å². The number of halogens is 1. The van der Waals surface area contributed by atoms with E-state index in [0.717, 1.165) is 39.3 Å². The number of aryl methyl sites for hydroxylation is 1. The number of anilines is 1. The van der Waals surface area contributed by atoms with Crippen molar-refractivity contribution < 1.29 is 0 Å². The normalized spacial score (nSPS) is 11.0. The van der Waals surface area contributed by atoms with Gasteiger partial charge in [-0.3, -0.25) is 0 Å². The summed E-state index contributed by atoms with van der Waals surface area (Å²) in [5.41, 5.74) is 1.22. The van der Waals surface area contributed by atoms with E-state index in [2.05, 4.69) is 53.3 Å². The largest absolute Gasteiger partial charge is 0.370 e. The maximum absolute atomic E-state index is 4.71. The van der Waals surface area contributed by atoms with Crippen molar-refractivity contribution >= 4 is 43.3 Å². The van der Waals surface area contributed by atoms with E-state index in [9.17, 15) is 0 Å². The Morgan fingerprint density at radius 2 is 1.95 bits per heavy atom. The van der Waals surface area contributed by atoms with Crippen molar-refractivity contribution in [3.05, 3.63) is 51.1 Å². The summed E-state index contributed by atoms with van der Waals surface area (Å²) in [4.78, 5) is 11.7. The number of thiophene rings is 1. The van der Waals surface area contributed by atoms with Gasteiger partial charge in [0.2, 0.25) is 0 Å². The molecule has 0 bridgehead atoms. The highest BCUT2D eigenvalue weighted by Gasteiger charge is 2.10. The lowest BCUT2D eigenvalue weighted by molar-refractivity contribution is 0.990. The number of rotatable bonds is 4. The van der Waals surface area contributed by atoms with Crippen LogP contribution in [0.25, 0.3) is 10.2 Å². The maximum atomic E-state index is 4.71. The molecule has 0 radical (unpaired) electrons. The molecule has 1 aromatic carbocycles. The third-order valence-electron chi connectivity index (χ3n) is 3.18. The Hall–Kier alpha value is -1.46. The first-order valence-corrected chi connectivity index (χ1v) is 8.52. The van der Waals surface area contributed by atoms with E-state index in [1.807, 2.05) is 12.1 Å². The van der Waals surface area contributed by atoms with Gasteiger partial charge in [-0.2, -0.15) is 0 Å². The van der Waals surface area contributed by atoms with E-state index in [1.165, 1.54) is 10.4 Å². The Kier molecular flexibility index (Phi) is 4.22. The van der Waals surface area contributed by atoms with Crippen molar-refractivity contribution in [3.8, 4) is 0 Å². The molecule has 0 amide bonds. The van der Waals surface area contributed by atoms with Crippen LogP contribution >= 0.6 is 27.3 Å². The van der Waals surface area contributed by atoms with Crippen LogP contribution in [0.15, 0.2) is 34.8 Å². The molecule has 5 heteroatoms. The average Bonchev–Trinajstić information content (AvgIpc) is 2.82. The van der Waals surface area contributed by atoms with Crippen molar-refractivity contribution in [3.63, 3.8) is 0 Å². The van der Waals surface area contributed by atoms with Crippen LogP contribution in [0.2, 0.25) is 0 Å². The molecule has 2 aromatic heterocycles. The summed E-state index contributed by atoms with van der Waals surface area (Å²) in [6, 6.07) is 10.5. The molecule has 0 aliphatic carbocycles. The van der Waals surface area contributed by atoms with Gasteiger partial charge in [0.1, 0.15) is 16.5 Å². The molecule has 0 saturated heterocycles. The number of aromatic nitrogens is 2. The summed E-state index contributed by atoms with van der Waals surface area (Å²) in [6.07, 6.45) is 0.749. The van der Waals surface area contributed by atoms with Crippen LogP contribution in [0.3, 0.4) is 0 Å². The molecule has 21 heavy (non-hydrogen) atoms. The Balaban J connectivity index is 1.99. The lowest BCUT2D eigenvalue weighted by Gasteiger charge is -2.07. The second-order valence-electron chi connectivity index (χ2n) is 4.90. The molecule has 0 aliphatic heterocycles. The van der Waals surface area contributed by atoms with E-state index in [-0.39, 0.29) is 0 Å². The van der Waals surface area contributed by atoms with Gasteiger partial charge in [0.25, 0.3) is 0 Å². The van der Waals surface area contributed by atoms with Crippen molar-refractivity contribution in [2.45, 2.75) is 20.3 Å². The van der Waals surface area contributed by atoms with Crippen LogP contribution in [0.4, 0.5) is 5.82 Å². The summed E-state index contributed by atoms with van der Waals surface area (Å²) in [6.45, 7) is 5.05. The van der Waals surface area contributed by atoms with Crippen molar-refractivity contribution in [2.24, 2.45) is 0 Å². The Morgan fingerprint density at radius 1 is 1.19 bits per heavy atom. The molecule has 0 atom stereocenters. The Bertz CT molecular complexity index is 765. The molecule has 0 saturated carbocycles. The van der Waals surface area contributed by atoms with Crippen molar-refractivity contribution in [1.29, 1.82) is 0 Å². The first-order valence-electron chi connectivity index (χ1n) is 6.91. The highest BCUT2D eigenvalue weighted by atomic mass is 79.9. The smallest absolute Gasteiger partial charge is 0.138 e. The van der Waals surface area contributed by atoms with E-state index in [0.29, 0.717) is 0 Å². The number of hydrogen-bond donors (Lipinski definition) is 1. The Labute approximate surface area is 136 Å². The summed E-state index contributed by atoms with van der Waals surface area (Å²) < 4.78 is 1.09. The average molecular weight is 362 g/mol. The summed E-state index contributed by atoms with van der Waals surface area (Å²) >= 11 is 5.18. The van der Waals surface area contributed by atoms with E-state index < -0.39 is 0 Å². The Morgan fingerprint density at radius 3 is 2.67 bits per heavy atom. The first-order chi connectivity index (χ1) is 10.2. The van der Waals surface area contributed by atoms with E-state index in [4.69, 9.17) is 9.97 Å². The molecule has 2 heterocycles. The molecule has 3 rings (SSSR count). The molecule has 3 nitrogen and oxygen atoms in total. The van der Waals surface area contributed by atoms with Crippen LogP contribution < -0.4 is 5.32 Å². The number of nitrogens with one attached hydrogen (secondary N) is 1. The molecular weight excluding hydrogens is 346 g/mol. The van der Waals surface area contributed by atoms with Gasteiger partial charge < -0.3 is 5.32 Å². The van der Waals surface area contributed by atoms with Crippen LogP contribution in [-0.4, -0.2) is 16.5 Å². The van der Waals surface area contributed by atoms with Gasteiger partial charge in [0.15, 0.2) is 0 Å². The zero-order chi connectivity index (χ0) is 14.8. The van der Waals surface area contributed by atoms with Crippen LogP contribution in [-0.2, 0) is 6.42 Å². The van der Waals surface area contributed by atoms with Crippen LogP contribution in [0.5, 0.6) is 0 Å². The second-order valence-corrected chi connectivity index (χ2v) is 7.05. The number of fused-ring (bicyclic) bond motifs is 1. The molecule has 108 valence electrons. The third kappa shape index (κ3) is 3.24. The molecular formula is C16H16BrN3S. The molecule has 0 fully saturated rings. The second kappa shape index (κ2) is 6.12. The quantitative estimate of drug-likeness (QED) is 0.726. The predicted octanol–water partition coefficient (Wildman–Crippen LogP) is 4.78. The van der Waals surface area contributed by atoms with E-state index >= 15 is 0 Å². The summed E-state index contributed by atoms with van der Waals surface area (Å²) in [5.74, 6) is 1.81. The number of hydrogen-bond acceptors (Lipinski definition) is 4. The highest BCUT2D eigenvalue weighted by molar-refractivity contribution is 9.10. The van der Waals surface area contributed by atoms with Crippen LogP contribution in [0.1, 0.15) is 23.2 Å². The fourth-order valence-electron chi connectivity index (χ4n) is 2.25. The molecule has 3 aromatic rings. The lowest BCUT2D eigenvalue weighted by Crippen LogP contribution is -2.04. The number of benzene rings is 1. The molecule has 0 unspecified atom stereocenters. The van der Waals surface area contributed by atoms with Gasteiger partial charge >= 0.3 is 0 Å². The monoisotopic (exact) mass is 361 g/mol. The van der Waals surface area contributed by atoms with E-state index in [1.54, 1.807) is 11.3 Å². The van der Waals surface area contributed by atoms with Gasteiger partial charge in [-0.15, -0.1) is 11.3 Å². The van der Waals surface area contributed by atoms with Gasteiger partial charge in [-0.25, -0.2) is 9.97 Å². The van der Waals surface area contributed by atoms with Crippen LogP contribution in [0, 0.1) is 6.92 Å². The predicted molar refractivity (Wildman–Crippen MR) is 93.3 cm³/mol. The van der Waals surface area contributed by atoms with Gasteiger partial charge in [-0.1, -0.05) is 28.1 Å². The first kappa shape index (κ1) is 14.5. The molecule has 0 aliphatic rings. The minimum atomic E-state index is 0.749. The van der Waals surface area contributed by atoms with Crippen molar-refractivity contribution in [2.75, 3.05) is 11.9 Å². The van der Waals surface area contributed by atoms with Crippen molar-refractivity contribution in [1.82, 2.24) is 9.97 Å². The molecule has 1 N–H and O–H groups in total. The van der Waals surface area contributed by atoms with Gasteiger partial charge in [0, 0.05) is 22.3 Å². The standard InChI is InChI=1S/C16H16BrN3S/c1-3-18-15-13-8-10(2)21-16(13)20-14(19-15)9-11-4-6-12(17)7-5-11/h4-8H,3,9H2,1-2H3,(H,18,19,20). The highest BCUT2D eigenvalue weighted by Crippen LogP contribution is 2.29. The molecule has 0 spiro atoms. The maximum Gasteiger partial charge on any atom is 0.138 e. The summed E-state index contributed by atoms with van der Waals surface area (Å²) in [5, 5.41) is 4.47. The van der Waals surface area contributed by atoms with Gasteiger partial charge in [0.05, 0.1) is 5.39 Å². The zero-order valence-electron chi connectivity index (χ0n) is 12.0. The fraction of sp³-hybridized carbons (Fsp3) is 0.250. The summed E-state index contributed by atoms with van der Waals surface area (Å²) in [7, 11) is 0.